The maximum absolute atomic E-state index is 12.8. The lowest BCUT2D eigenvalue weighted by molar-refractivity contribution is 0.420. The fourth-order valence-electron chi connectivity index (χ4n) is 3.05. The molecule has 0 saturated heterocycles. The number of nitrogens with one attached hydrogen (secondary N) is 2. The van der Waals surface area contributed by atoms with Crippen LogP contribution in [0.5, 0.6) is 5.75 Å². The van der Waals surface area contributed by atoms with Crippen molar-refractivity contribution in [2.24, 2.45) is 5.92 Å². The number of aromatic hydroxyl groups is 1. The predicted molar refractivity (Wildman–Crippen MR) is 134 cm³/mol. The molecular weight excluding hydrogens is 498 g/mol. The molecular formula is C21H29N5O5S3. The molecule has 0 aromatic carbocycles. The van der Waals surface area contributed by atoms with Crippen LogP contribution in [0.3, 0.4) is 0 Å². The molecule has 0 aliphatic rings. The zero-order chi connectivity index (χ0) is 25.4. The Balaban J connectivity index is 1.90. The Morgan fingerprint density at radius 1 is 1.29 bits per heavy atom. The molecule has 2 atom stereocenters. The van der Waals surface area contributed by atoms with Gasteiger partial charge in [-0.15, -0.1) is 11.3 Å². The van der Waals surface area contributed by atoms with Crippen LogP contribution in [0.2, 0.25) is 0 Å². The highest BCUT2D eigenvalue weighted by Crippen LogP contribution is 2.42. The van der Waals surface area contributed by atoms with Crippen molar-refractivity contribution in [2.75, 3.05) is 17.7 Å². The van der Waals surface area contributed by atoms with Gasteiger partial charge in [0.05, 0.1) is 18.0 Å². The topological polar surface area (TPSA) is 144 Å². The predicted octanol–water partition coefficient (Wildman–Crippen LogP) is 5.39. The minimum atomic E-state index is -3.97. The molecule has 3 aromatic rings. The average molecular weight is 528 g/mol. The van der Waals surface area contributed by atoms with Gasteiger partial charge in [0, 0.05) is 26.9 Å². The van der Waals surface area contributed by atoms with Gasteiger partial charge in [-0.2, -0.15) is 0 Å². The van der Waals surface area contributed by atoms with Gasteiger partial charge in [-0.1, -0.05) is 34.3 Å². The van der Waals surface area contributed by atoms with Crippen molar-refractivity contribution < 1.29 is 22.5 Å². The number of furan rings is 1. The first-order chi connectivity index (χ1) is 15.8. The Labute approximate surface area is 206 Å². The van der Waals surface area contributed by atoms with Gasteiger partial charge in [0.2, 0.25) is 11.6 Å². The summed E-state index contributed by atoms with van der Waals surface area (Å²) in [5.74, 6) is 0.960. The summed E-state index contributed by atoms with van der Waals surface area (Å²) in [5, 5.41) is 18.1. The van der Waals surface area contributed by atoms with E-state index in [0.717, 1.165) is 21.2 Å². The number of hydrogen-bond acceptors (Lipinski definition) is 10. The number of anilines is 3. The number of nitrogens with zero attached hydrogens (tertiary/aromatic N) is 3. The van der Waals surface area contributed by atoms with Crippen LogP contribution in [0.25, 0.3) is 0 Å². The second-order valence-electron chi connectivity index (χ2n) is 8.53. The maximum Gasteiger partial charge on any atom is 0.277 e. The number of allylic oxidation sites excluding steroid dienone is 1. The van der Waals surface area contributed by atoms with Crippen LogP contribution in [0.1, 0.15) is 57.9 Å². The van der Waals surface area contributed by atoms with E-state index in [0.29, 0.717) is 17.4 Å². The molecule has 34 heavy (non-hydrogen) atoms. The number of aromatic nitrogens is 2. The maximum atomic E-state index is 12.8. The fraction of sp³-hybridized carbons (Fsp3) is 0.429. The van der Waals surface area contributed by atoms with Gasteiger partial charge >= 0.3 is 0 Å². The van der Waals surface area contributed by atoms with Gasteiger partial charge < -0.3 is 24.7 Å². The van der Waals surface area contributed by atoms with Gasteiger partial charge in [-0.3, -0.25) is 4.31 Å². The van der Waals surface area contributed by atoms with Crippen LogP contribution >= 0.6 is 22.5 Å². The van der Waals surface area contributed by atoms with Crippen molar-refractivity contribution in [1.82, 2.24) is 13.1 Å². The molecule has 3 N–H and O–H groups in total. The first-order valence-electron chi connectivity index (χ1n) is 10.5. The molecule has 0 saturated carbocycles. The molecule has 0 aliphatic heterocycles. The molecule has 0 amide bonds. The van der Waals surface area contributed by atoms with Crippen LogP contribution in [0.4, 0.5) is 17.3 Å². The zero-order valence-corrected chi connectivity index (χ0v) is 22.3. The van der Waals surface area contributed by atoms with Crippen LogP contribution in [-0.4, -0.2) is 38.2 Å². The second kappa shape index (κ2) is 9.94. The normalized spacial score (nSPS) is 13.4. The molecule has 3 rings (SSSR count). The minimum Gasteiger partial charge on any atom is -0.546 e. The van der Waals surface area contributed by atoms with Crippen molar-refractivity contribution in [1.29, 1.82) is 0 Å². The highest BCUT2D eigenvalue weighted by atomic mass is 32.2. The highest BCUT2D eigenvalue weighted by molar-refractivity contribution is 7.91. The fourth-order valence-corrected chi connectivity index (χ4v) is 6.27. The standard InChI is InChI=1S/C21H29N5O5S3/c1-11(2)14-8-16(31-9-14)17(12(3)4)23-20-19(24-33(28)25-20)22-15-10-32-21(18(15)27)34(29,30)26(7)13(5)6/h8-12,17,27H,5H2,1-4,6-7H3,(H,22,24)(H,23,25)/t17-,33?/m1/s1. The lowest BCUT2D eigenvalue weighted by atomic mass is 9.99. The van der Waals surface area contributed by atoms with Crippen LogP contribution in [-0.2, 0) is 10.0 Å². The van der Waals surface area contributed by atoms with E-state index >= 15 is 0 Å². The minimum absolute atomic E-state index is 0.0909. The number of rotatable bonds is 10. The molecule has 0 spiro atoms. The molecule has 1 unspecified atom stereocenters. The molecule has 3 heterocycles. The smallest absolute Gasteiger partial charge is 0.277 e. The van der Waals surface area contributed by atoms with Gasteiger partial charge in [0.15, 0.2) is 21.1 Å². The summed E-state index contributed by atoms with van der Waals surface area (Å²) in [6, 6.07) is 1.68. The first-order valence-corrected chi connectivity index (χ1v) is 13.9. The van der Waals surface area contributed by atoms with E-state index in [1.165, 1.54) is 12.4 Å². The van der Waals surface area contributed by atoms with Crippen molar-refractivity contribution >= 4 is 49.8 Å². The monoisotopic (exact) mass is 527 g/mol. The van der Waals surface area contributed by atoms with E-state index < -0.39 is 26.9 Å². The summed E-state index contributed by atoms with van der Waals surface area (Å²) in [5.41, 5.74) is 1.46. The SMILES string of the molecule is C=C(C)N(C)S(=O)(=O)c1scc(Nc2n[s+]([O-])nc2N[C@@H](c2cc(C(C)C)co2)C(C)C)c1O. The molecule has 0 bridgehead atoms. The third-order valence-electron chi connectivity index (χ3n) is 5.25. The lowest BCUT2D eigenvalue weighted by Gasteiger charge is -2.20. The molecule has 186 valence electrons. The summed E-state index contributed by atoms with van der Waals surface area (Å²) in [4.78, 5) is 0. The van der Waals surface area contributed by atoms with E-state index in [9.17, 15) is 18.1 Å². The molecule has 0 aliphatic carbocycles. The van der Waals surface area contributed by atoms with Gasteiger partial charge in [0.25, 0.3) is 10.0 Å². The van der Waals surface area contributed by atoms with Crippen molar-refractivity contribution in [3.8, 4) is 5.75 Å². The Kier molecular flexibility index (Phi) is 7.60. The summed E-state index contributed by atoms with van der Waals surface area (Å²) in [7, 11) is -2.62. The van der Waals surface area contributed by atoms with Crippen molar-refractivity contribution in [2.45, 2.75) is 50.8 Å². The number of sulfonamides is 1. The Hall–Kier alpha value is -2.61. The van der Waals surface area contributed by atoms with E-state index in [2.05, 4.69) is 39.8 Å². The lowest BCUT2D eigenvalue weighted by Crippen LogP contribution is -2.24. The molecule has 0 fully saturated rings. The zero-order valence-electron chi connectivity index (χ0n) is 19.8. The average Bonchev–Trinajstić information content (AvgIpc) is 3.45. The van der Waals surface area contributed by atoms with E-state index in [-0.39, 0.29) is 33.5 Å². The van der Waals surface area contributed by atoms with Crippen molar-refractivity contribution in [3.05, 3.63) is 41.3 Å². The third-order valence-corrected chi connectivity index (χ3v) is 9.31. The van der Waals surface area contributed by atoms with Crippen LogP contribution < -0.4 is 10.6 Å². The largest absolute Gasteiger partial charge is 0.546 e. The second-order valence-corrected chi connectivity index (χ2v) is 12.4. The van der Waals surface area contributed by atoms with Crippen LogP contribution in [0.15, 0.2) is 38.6 Å². The number of hydrogen-bond donors (Lipinski definition) is 3. The molecule has 3 aromatic heterocycles. The molecule has 10 nitrogen and oxygen atoms in total. The van der Waals surface area contributed by atoms with Gasteiger partial charge in [-0.05, 0) is 30.4 Å². The van der Waals surface area contributed by atoms with Crippen molar-refractivity contribution in [3.63, 3.8) is 0 Å². The third kappa shape index (κ3) is 5.22. The molecule has 0 radical (unpaired) electrons. The summed E-state index contributed by atoms with van der Waals surface area (Å²) >= 11 is -1.03. The van der Waals surface area contributed by atoms with E-state index in [4.69, 9.17) is 4.42 Å². The first kappa shape index (κ1) is 26.0. The van der Waals surface area contributed by atoms with Crippen LogP contribution in [0, 0.1) is 5.92 Å². The summed E-state index contributed by atoms with van der Waals surface area (Å²) in [6.45, 7) is 13.3. The Bertz CT molecular complexity index is 1280. The quantitative estimate of drug-likeness (QED) is 0.295. The highest BCUT2D eigenvalue weighted by Gasteiger charge is 2.30. The van der Waals surface area contributed by atoms with Gasteiger partial charge in [-0.25, -0.2) is 8.42 Å². The van der Waals surface area contributed by atoms with E-state index in [1.807, 2.05) is 19.9 Å². The van der Waals surface area contributed by atoms with Gasteiger partial charge in [0.1, 0.15) is 5.76 Å². The number of thiophene rings is 1. The van der Waals surface area contributed by atoms with E-state index in [1.54, 1.807) is 13.2 Å². The Morgan fingerprint density at radius 3 is 2.50 bits per heavy atom. The summed E-state index contributed by atoms with van der Waals surface area (Å²) < 4.78 is 52.1. The summed E-state index contributed by atoms with van der Waals surface area (Å²) in [6.07, 6.45) is 1.71. The Morgan fingerprint density at radius 2 is 1.94 bits per heavy atom. The molecule has 13 heteroatoms.